The van der Waals surface area contributed by atoms with Gasteiger partial charge in [0.15, 0.2) is 0 Å². The van der Waals surface area contributed by atoms with Crippen molar-refractivity contribution in [2.75, 3.05) is 13.1 Å². The van der Waals surface area contributed by atoms with Crippen LogP contribution in [0.25, 0.3) is 0 Å². The van der Waals surface area contributed by atoms with Crippen LogP contribution in [0.4, 0.5) is 0 Å². The van der Waals surface area contributed by atoms with Crippen LogP contribution in [0, 0.1) is 12.3 Å². The zero-order valence-corrected chi connectivity index (χ0v) is 10.1. The summed E-state index contributed by atoms with van der Waals surface area (Å²) >= 11 is 1.85. The second kappa shape index (κ2) is 4.91. The van der Waals surface area contributed by atoms with E-state index in [2.05, 4.69) is 38.2 Å². The highest BCUT2D eigenvalue weighted by Crippen LogP contribution is 2.15. The van der Waals surface area contributed by atoms with Gasteiger partial charge in [-0.1, -0.05) is 13.8 Å². The summed E-state index contributed by atoms with van der Waals surface area (Å²) in [5.74, 6) is 0. The van der Waals surface area contributed by atoms with Gasteiger partial charge in [0, 0.05) is 22.8 Å². The lowest BCUT2D eigenvalue weighted by molar-refractivity contribution is 0.352. The molecule has 0 aliphatic rings. The van der Waals surface area contributed by atoms with Crippen molar-refractivity contribution < 1.29 is 0 Å². The highest BCUT2D eigenvalue weighted by molar-refractivity contribution is 7.11. The average molecular weight is 212 g/mol. The molecule has 3 heteroatoms. The predicted molar refractivity (Wildman–Crippen MR) is 63.6 cm³/mol. The minimum atomic E-state index is 0.201. The van der Waals surface area contributed by atoms with Gasteiger partial charge in [0.2, 0.25) is 0 Å². The molecule has 0 spiro atoms. The summed E-state index contributed by atoms with van der Waals surface area (Å²) in [6.45, 7) is 9.16. The number of aryl methyl sites for hydroxylation is 1. The Morgan fingerprint density at radius 3 is 2.64 bits per heavy atom. The zero-order valence-electron chi connectivity index (χ0n) is 9.26. The van der Waals surface area contributed by atoms with E-state index in [0.29, 0.717) is 0 Å². The van der Waals surface area contributed by atoms with E-state index in [-0.39, 0.29) is 5.41 Å². The zero-order chi connectivity index (χ0) is 10.6. The minimum Gasteiger partial charge on any atom is -0.330 e. The van der Waals surface area contributed by atoms with E-state index >= 15 is 0 Å². The van der Waals surface area contributed by atoms with E-state index in [1.54, 1.807) is 0 Å². The molecule has 0 saturated carbocycles. The number of thiophene rings is 1. The molecule has 0 radical (unpaired) electrons. The fraction of sp³-hybridized carbons (Fsp3) is 0.636. The normalized spacial score (nSPS) is 12.0. The van der Waals surface area contributed by atoms with Gasteiger partial charge in [-0.15, -0.1) is 11.3 Å². The first-order valence-electron chi connectivity index (χ1n) is 4.99. The maximum atomic E-state index is 5.65. The van der Waals surface area contributed by atoms with Crippen LogP contribution in [-0.4, -0.2) is 13.1 Å². The van der Waals surface area contributed by atoms with Crippen LogP contribution in [0.5, 0.6) is 0 Å². The van der Waals surface area contributed by atoms with Gasteiger partial charge in [-0.3, -0.25) is 0 Å². The summed E-state index contributed by atoms with van der Waals surface area (Å²) in [7, 11) is 0. The van der Waals surface area contributed by atoms with Crippen LogP contribution in [-0.2, 0) is 6.54 Å². The standard InChI is InChI=1S/C11H20N2S/c1-9-4-5-10(14-9)6-13-8-11(2,3)7-12/h4-5,13H,6-8,12H2,1-3H3. The van der Waals surface area contributed by atoms with Crippen molar-refractivity contribution in [2.45, 2.75) is 27.3 Å². The molecule has 0 amide bonds. The summed E-state index contributed by atoms with van der Waals surface area (Å²) in [5.41, 5.74) is 5.85. The van der Waals surface area contributed by atoms with Gasteiger partial charge in [-0.05, 0) is 31.0 Å². The van der Waals surface area contributed by atoms with E-state index in [1.807, 2.05) is 11.3 Å². The number of hydrogen-bond acceptors (Lipinski definition) is 3. The molecular formula is C11H20N2S. The number of nitrogens with one attached hydrogen (secondary N) is 1. The van der Waals surface area contributed by atoms with E-state index < -0.39 is 0 Å². The Morgan fingerprint density at radius 2 is 2.14 bits per heavy atom. The fourth-order valence-electron chi connectivity index (χ4n) is 1.18. The molecule has 0 unspecified atom stereocenters. The van der Waals surface area contributed by atoms with Gasteiger partial charge < -0.3 is 11.1 Å². The molecule has 0 aliphatic heterocycles. The summed E-state index contributed by atoms with van der Waals surface area (Å²) < 4.78 is 0. The maximum absolute atomic E-state index is 5.65. The molecule has 1 aromatic rings. The van der Waals surface area contributed by atoms with Gasteiger partial charge in [0.05, 0.1) is 0 Å². The van der Waals surface area contributed by atoms with Crippen molar-refractivity contribution in [1.29, 1.82) is 0 Å². The van der Waals surface area contributed by atoms with Crippen LogP contribution in [0.1, 0.15) is 23.6 Å². The molecule has 3 N–H and O–H groups in total. The molecule has 1 heterocycles. The molecule has 14 heavy (non-hydrogen) atoms. The quantitative estimate of drug-likeness (QED) is 0.784. The Labute approximate surface area is 90.5 Å². The first kappa shape index (κ1) is 11.7. The third-order valence-corrected chi connectivity index (χ3v) is 3.25. The largest absolute Gasteiger partial charge is 0.330 e. The molecule has 1 aromatic heterocycles. The van der Waals surface area contributed by atoms with Crippen LogP contribution >= 0.6 is 11.3 Å². The van der Waals surface area contributed by atoms with Crippen molar-refractivity contribution in [2.24, 2.45) is 11.1 Å². The van der Waals surface area contributed by atoms with Gasteiger partial charge >= 0.3 is 0 Å². The Hall–Kier alpha value is -0.380. The first-order valence-corrected chi connectivity index (χ1v) is 5.81. The van der Waals surface area contributed by atoms with Gasteiger partial charge in [0.1, 0.15) is 0 Å². The molecule has 80 valence electrons. The van der Waals surface area contributed by atoms with E-state index in [9.17, 15) is 0 Å². The average Bonchev–Trinajstić information content (AvgIpc) is 2.51. The summed E-state index contributed by atoms with van der Waals surface area (Å²) in [6, 6.07) is 4.35. The SMILES string of the molecule is Cc1ccc(CNCC(C)(C)CN)s1. The van der Waals surface area contributed by atoms with Gasteiger partial charge in [0.25, 0.3) is 0 Å². The van der Waals surface area contributed by atoms with E-state index in [0.717, 1.165) is 19.6 Å². The summed E-state index contributed by atoms with van der Waals surface area (Å²) in [6.07, 6.45) is 0. The number of nitrogens with two attached hydrogens (primary N) is 1. The third-order valence-electron chi connectivity index (χ3n) is 2.25. The van der Waals surface area contributed by atoms with Crippen molar-refractivity contribution in [3.8, 4) is 0 Å². The molecule has 0 saturated heterocycles. The molecule has 0 aromatic carbocycles. The van der Waals surface area contributed by atoms with Crippen molar-refractivity contribution >= 4 is 11.3 Å². The summed E-state index contributed by atoms with van der Waals surface area (Å²) in [5, 5.41) is 3.44. The highest BCUT2D eigenvalue weighted by Gasteiger charge is 2.14. The van der Waals surface area contributed by atoms with Crippen LogP contribution < -0.4 is 11.1 Å². The number of hydrogen-bond donors (Lipinski definition) is 2. The first-order chi connectivity index (χ1) is 6.53. The minimum absolute atomic E-state index is 0.201. The van der Waals surface area contributed by atoms with E-state index in [4.69, 9.17) is 5.73 Å². The van der Waals surface area contributed by atoms with Gasteiger partial charge in [-0.2, -0.15) is 0 Å². The lowest BCUT2D eigenvalue weighted by Crippen LogP contribution is -2.35. The maximum Gasteiger partial charge on any atom is 0.0300 e. The molecule has 0 atom stereocenters. The molecular weight excluding hydrogens is 192 g/mol. The Kier molecular flexibility index (Phi) is 4.11. The Balaban J connectivity index is 2.28. The molecule has 1 rings (SSSR count). The van der Waals surface area contributed by atoms with Crippen molar-refractivity contribution in [3.05, 3.63) is 21.9 Å². The highest BCUT2D eigenvalue weighted by atomic mass is 32.1. The van der Waals surface area contributed by atoms with E-state index in [1.165, 1.54) is 9.75 Å². The smallest absolute Gasteiger partial charge is 0.0300 e. The second-order valence-electron chi connectivity index (χ2n) is 4.48. The third kappa shape index (κ3) is 3.78. The topological polar surface area (TPSA) is 38.0 Å². The Bertz CT molecular complexity index is 279. The predicted octanol–water partition coefficient (Wildman–Crippen LogP) is 2.13. The molecule has 2 nitrogen and oxygen atoms in total. The lowest BCUT2D eigenvalue weighted by atomic mass is 9.94. The fourth-order valence-corrected chi connectivity index (χ4v) is 2.04. The monoisotopic (exact) mass is 212 g/mol. The van der Waals surface area contributed by atoms with Crippen LogP contribution in [0.2, 0.25) is 0 Å². The molecule has 0 fully saturated rings. The summed E-state index contributed by atoms with van der Waals surface area (Å²) in [4.78, 5) is 2.77. The van der Waals surface area contributed by atoms with Crippen LogP contribution in [0.15, 0.2) is 12.1 Å². The number of rotatable bonds is 5. The van der Waals surface area contributed by atoms with Crippen molar-refractivity contribution in [1.82, 2.24) is 5.32 Å². The van der Waals surface area contributed by atoms with Crippen molar-refractivity contribution in [3.63, 3.8) is 0 Å². The molecule has 0 aliphatic carbocycles. The lowest BCUT2D eigenvalue weighted by Gasteiger charge is -2.22. The van der Waals surface area contributed by atoms with Crippen LogP contribution in [0.3, 0.4) is 0 Å². The second-order valence-corrected chi connectivity index (χ2v) is 5.86. The van der Waals surface area contributed by atoms with Gasteiger partial charge in [-0.25, -0.2) is 0 Å². The Morgan fingerprint density at radius 1 is 1.43 bits per heavy atom. The molecule has 0 bridgehead atoms.